The summed E-state index contributed by atoms with van der Waals surface area (Å²) in [5.74, 6) is 0.965. The molecular weight excluding hydrogens is 288 g/mol. The lowest BCUT2D eigenvalue weighted by atomic mass is 10.0. The lowest BCUT2D eigenvalue weighted by molar-refractivity contribution is 0.0972. The molecule has 0 atom stereocenters. The van der Waals surface area contributed by atoms with E-state index in [4.69, 9.17) is 4.74 Å². The maximum atomic E-state index is 12.4. The molecule has 0 saturated carbocycles. The molecule has 1 heterocycles. The summed E-state index contributed by atoms with van der Waals surface area (Å²) in [6.45, 7) is 0.319. The van der Waals surface area contributed by atoms with Crippen molar-refractivity contribution < 1.29 is 9.53 Å². The van der Waals surface area contributed by atoms with Gasteiger partial charge in [-0.25, -0.2) is 4.98 Å². The normalized spacial score (nSPS) is 11.9. The standard InChI is InChI=1S/C19H16N2O2/c1-23-16-3-5-18-15(10-16)9-14-8-13(2-4-17(14)18)19(22)11-21-7-6-20-12-21/h2-8,10,12H,9,11H2,1H3. The van der Waals surface area contributed by atoms with Crippen LogP contribution in [0.25, 0.3) is 11.1 Å². The number of fused-ring (bicyclic) bond motifs is 3. The number of nitrogens with zero attached hydrogens (tertiary/aromatic N) is 2. The average molecular weight is 304 g/mol. The Morgan fingerprint density at radius 2 is 1.96 bits per heavy atom. The molecule has 1 aliphatic rings. The van der Waals surface area contributed by atoms with E-state index < -0.39 is 0 Å². The smallest absolute Gasteiger partial charge is 0.182 e. The quantitative estimate of drug-likeness (QED) is 0.543. The summed E-state index contributed by atoms with van der Waals surface area (Å²) in [5.41, 5.74) is 5.64. The van der Waals surface area contributed by atoms with Crippen molar-refractivity contribution in [2.75, 3.05) is 7.11 Å². The fourth-order valence-electron chi connectivity index (χ4n) is 3.12. The van der Waals surface area contributed by atoms with Gasteiger partial charge in [0.25, 0.3) is 0 Å². The largest absolute Gasteiger partial charge is 0.497 e. The fraction of sp³-hybridized carbons (Fsp3) is 0.158. The number of carbonyl (C=O) groups excluding carboxylic acids is 1. The number of methoxy groups -OCH3 is 1. The van der Waals surface area contributed by atoms with Gasteiger partial charge in [0.1, 0.15) is 5.75 Å². The number of rotatable bonds is 4. The SMILES string of the molecule is COc1ccc2c(c1)Cc1cc(C(=O)Cn3ccnc3)ccc1-2. The molecule has 23 heavy (non-hydrogen) atoms. The lowest BCUT2D eigenvalue weighted by Gasteiger charge is -2.06. The van der Waals surface area contributed by atoms with Crippen LogP contribution in [0.1, 0.15) is 21.5 Å². The zero-order chi connectivity index (χ0) is 15.8. The second-order valence-corrected chi connectivity index (χ2v) is 5.73. The van der Waals surface area contributed by atoms with E-state index in [2.05, 4.69) is 23.2 Å². The number of Topliss-reactive ketones (excluding diaryl/α,β-unsaturated/α-hetero) is 1. The molecule has 0 spiro atoms. The van der Waals surface area contributed by atoms with E-state index in [0.29, 0.717) is 6.54 Å². The Bertz CT molecular complexity index is 882. The van der Waals surface area contributed by atoms with Gasteiger partial charge < -0.3 is 9.30 Å². The number of imidazole rings is 1. The van der Waals surface area contributed by atoms with Crippen LogP contribution in [-0.4, -0.2) is 22.4 Å². The highest BCUT2D eigenvalue weighted by Crippen LogP contribution is 2.38. The van der Waals surface area contributed by atoms with Gasteiger partial charge in [-0.1, -0.05) is 18.2 Å². The fourth-order valence-corrected chi connectivity index (χ4v) is 3.12. The molecule has 1 aromatic heterocycles. The number of aromatic nitrogens is 2. The lowest BCUT2D eigenvalue weighted by Crippen LogP contribution is -2.09. The van der Waals surface area contributed by atoms with E-state index >= 15 is 0 Å². The Morgan fingerprint density at radius 1 is 1.17 bits per heavy atom. The van der Waals surface area contributed by atoms with E-state index in [9.17, 15) is 4.79 Å². The molecule has 0 saturated heterocycles. The molecule has 0 amide bonds. The van der Waals surface area contributed by atoms with E-state index in [1.807, 2.05) is 18.2 Å². The van der Waals surface area contributed by atoms with Gasteiger partial charge in [0.05, 0.1) is 20.0 Å². The maximum Gasteiger partial charge on any atom is 0.182 e. The number of ketones is 1. The van der Waals surface area contributed by atoms with Crippen molar-refractivity contribution in [3.8, 4) is 16.9 Å². The third-order valence-corrected chi connectivity index (χ3v) is 4.30. The minimum Gasteiger partial charge on any atom is -0.497 e. The minimum atomic E-state index is 0.0966. The molecule has 0 unspecified atom stereocenters. The summed E-state index contributed by atoms with van der Waals surface area (Å²) in [6, 6.07) is 12.1. The van der Waals surface area contributed by atoms with Crippen molar-refractivity contribution in [1.29, 1.82) is 0 Å². The molecule has 3 aromatic rings. The van der Waals surface area contributed by atoms with Gasteiger partial charge in [-0.05, 0) is 46.9 Å². The molecule has 0 aliphatic heterocycles. The van der Waals surface area contributed by atoms with Gasteiger partial charge in [-0.2, -0.15) is 0 Å². The first-order valence-corrected chi connectivity index (χ1v) is 7.54. The molecule has 114 valence electrons. The van der Waals surface area contributed by atoms with Gasteiger partial charge in [-0.15, -0.1) is 0 Å². The first-order valence-electron chi connectivity index (χ1n) is 7.54. The Balaban J connectivity index is 1.63. The summed E-state index contributed by atoms with van der Waals surface area (Å²) in [7, 11) is 1.68. The van der Waals surface area contributed by atoms with E-state index in [0.717, 1.165) is 17.7 Å². The Kier molecular flexibility index (Phi) is 3.23. The van der Waals surface area contributed by atoms with Gasteiger partial charge in [-0.3, -0.25) is 4.79 Å². The minimum absolute atomic E-state index is 0.0966. The van der Waals surface area contributed by atoms with Gasteiger partial charge in [0, 0.05) is 18.0 Å². The number of ether oxygens (including phenoxy) is 1. The second-order valence-electron chi connectivity index (χ2n) is 5.73. The number of hydrogen-bond donors (Lipinski definition) is 0. The number of carbonyl (C=O) groups is 1. The summed E-state index contributed by atoms with van der Waals surface area (Å²) in [5, 5.41) is 0. The molecule has 0 fully saturated rings. The summed E-state index contributed by atoms with van der Waals surface area (Å²) in [4.78, 5) is 16.4. The highest BCUT2D eigenvalue weighted by Gasteiger charge is 2.20. The van der Waals surface area contributed by atoms with Crippen molar-refractivity contribution in [2.24, 2.45) is 0 Å². The summed E-state index contributed by atoms with van der Waals surface area (Å²) < 4.78 is 7.08. The number of benzene rings is 2. The number of hydrogen-bond acceptors (Lipinski definition) is 3. The molecule has 2 aromatic carbocycles. The molecular formula is C19H16N2O2. The predicted molar refractivity (Wildman–Crippen MR) is 87.8 cm³/mol. The van der Waals surface area contributed by atoms with E-state index in [-0.39, 0.29) is 5.78 Å². The summed E-state index contributed by atoms with van der Waals surface area (Å²) >= 11 is 0. The van der Waals surface area contributed by atoms with Gasteiger partial charge in [0.15, 0.2) is 5.78 Å². The zero-order valence-electron chi connectivity index (χ0n) is 12.8. The molecule has 4 nitrogen and oxygen atoms in total. The molecule has 4 rings (SSSR count). The monoisotopic (exact) mass is 304 g/mol. The topological polar surface area (TPSA) is 44.1 Å². The predicted octanol–water partition coefficient (Wildman–Crippen LogP) is 3.35. The van der Waals surface area contributed by atoms with Crippen LogP contribution in [0.15, 0.2) is 55.1 Å². The van der Waals surface area contributed by atoms with Crippen molar-refractivity contribution in [3.05, 3.63) is 71.8 Å². The molecule has 0 bridgehead atoms. The molecule has 0 radical (unpaired) electrons. The van der Waals surface area contributed by atoms with Crippen LogP contribution in [0, 0.1) is 0 Å². The Morgan fingerprint density at radius 3 is 2.70 bits per heavy atom. The van der Waals surface area contributed by atoms with Crippen molar-refractivity contribution in [1.82, 2.24) is 9.55 Å². The second kappa shape index (κ2) is 5.39. The third-order valence-electron chi connectivity index (χ3n) is 4.30. The Labute approximate surface area is 134 Å². The molecule has 0 N–H and O–H groups in total. The van der Waals surface area contributed by atoms with Crippen molar-refractivity contribution in [2.45, 2.75) is 13.0 Å². The van der Waals surface area contributed by atoms with Crippen molar-refractivity contribution in [3.63, 3.8) is 0 Å². The van der Waals surface area contributed by atoms with Crippen LogP contribution in [0.2, 0.25) is 0 Å². The first kappa shape index (κ1) is 13.8. The van der Waals surface area contributed by atoms with E-state index in [1.54, 1.807) is 30.4 Å². The van der Waals surface area contributed by atoms with E-state index in [1.165, 1.54) is 22.3 Å². The first-order chi connectivity index (χ1) is 11.2. The van der Waals surface area contributed by atoms with Crippen LogP contribution in [0.3, 0.4) is 0 Å². The van der Waals surface area contributed by atoms with Crippen LogP contribution < -0.4 is 4.74 Å². The van der Waals surface area contributed by atoms with Crippen LogP contribution in [0.4, 0.5) is 0 Å². The van der Waals surface area contributed by atoms with Crippen LogP contribution in [-0.2, 0) is 13.0 Å². The highest BCUT2D eigenvalue weighted by molar-refractivity contribution is 5.97. The third kappa shape index (κ3) is 2.42. The van der Waals surface area contributed by atoms with Crippen molar-refractivity contribution >= 4 is 5.78 Å². The summed E-state index contributed by atoms with van der Waals surface area (Å²) in [6.07, 6.45) is 5.98. The zero-order valence-corrected chi connectivity index (χ0v) is 12.8. The van der Waals surface area contributed by atoms with Crippen LogP contribution in [0.5, 0.6) is 5.75 Å². The van der Waals surface area contributed by atoms with Gasteiger partial charge in [0.2, 0.25) is 0 Å². The maximum absolute atomic E-state index is 12.4. The highest BCUT2D eigenvalue weighted by atomic mass is 16.5. The average Bonchev–Trinajstić information content (AvgIpc) is 3.20. The Hall–Kier alpha value is -2.88. The van der Waals surface area contributed by atoms with Gasteiger partial charge >= 0.3 is 0 Å². The van der Waals surface area contributed by atoms with Crippen LogP contribution >= 0.6 is 0 Å². The molecule has 4 heteroatoms. The molecule has 1 aliphatic carbocycles.